The van der Waals surface area contributed by atoms with Crippen molar-refractivity contribution in [2.45, 2.75) is 26.8 Å². The van der Waals surface area contributed by atoms with Crippen LogP contribution < -0.4 is 14.8 Å². The average molecular weight is 501 g/mol. The number of likely N-dealkylation sites (N-methyl/N-ethyl adjacent to an activating group) is 1. The van der Waals surface area contributed by atoms with Crippen LogP contribution in [-0.4, -0.2) is 54.8 Å². The summed E-state index contributed by atoms with van der Waals surface area (Å²) in [5.74, 6) is 2.09. The van der Waals surface area contributed by atoms with Crippen molar-refractivity contribution in [1.29, 1.82) is 0 Å². The highest BCUT2D eigenvalue weighted by Crippen LogP contribution is 2.31. The normalized spacial score (nSPS) is 11.9. The standard InChI is InChI=1S/C29H32N4O4/c1-18-15-23(28-30-20(3)37-32-28)11-13-25(18)21-7-9-22(10-8-21)29(34)31-24-12-14-26(35-6)27(16-24)36-17-19(2)33(4)5/h7-16,19H,17H2,1-6H3,(H,31,34). The molecule has 1 amide bonds. The van der Waals surface area contributed by atoms with Gasteiger partial charge in [0.15, 0.2) is 11.5 Å². The molecule has 1 atom stereocenters. The predicted molar refractivity (Wildman–Crippen MR) is 144 cm³/mol. The van der Waals surface area contributed by atoms with Crippen molar-refractivity contribution >= 4 is 11.6 Å². The topological polar surface area (TPSA) is 89.7 Å². The highest BCUT2D eigenvalue weighted by Gasteiger charge is 2.13. The Morgan fingerprint density at radius 3 is 2.35 bits per heavy atom. The molecule has 0 radical (unpaired) electrons. The number of hydrogen-bond acceptors (Lipinski definition) is 7. The van der Waals surface area contributed by atoms with Gasteiger partial charge in [0.2, 0.25) is 11.7 Å². The van der Waals surface area contributed by atoms with E-state index in [1.54, 1.807) is 32.2 Å². The van der Waals surface area contributed by atoms with Gasteiger partial charge < -0.3 is 24.2 Å². The summed E-state index contributed by atoms with van der Waals surface area (Å²) in [4.78, 5) is 19.3. The fourth-order valence-corrected chi connectivity index (χ4v) is 3.77. The second kappa shape index (κ2) is 11.3. The molecule has 1 unspecified atom stereocenters. The molecule has 0 saturated heterocycles. The van der Waals surface area contributed by atoms with E-state index in [2.05, 4.69) is 27.3 Å². The van der Waals surface area contributed by atoms with Crippen molar-refractivity contribution in [2.75, 3.05) is 33.1 Å². The van der Waals surface area contributed by atoms with Gasteiger partial charge in [-0.3, -0.25) is 4.79 Å². The summed E-state index contributed by atoms with van der Waals surface area (Å²) in [5, 5.41) is 6.94. The maximum Gasteiger partial charge on any atom is 0.255 e. The molecule has 4 rings (SSSR count). The number of rotatable bonds is 9. The lowest BCUT2D eigenvalue weighted by Crippen LogP contribution is -2.30. The van der Waals surface area contributed by atoms with Crippen LogP contribution in [0.3, 0.4) is 0 Å². The third kappa shape index (κ3) is 6.16. The molecule has 0 fully saturated rings. The number of nitrogens with zero attached hydrogens (tertiary/aromatic N) is 3. The Bertz CT molecular complexity index is 1380. The van der Waals surface area contributed by atoms with Gasteiger partial charge in [-0.1, -0.05) is 29.4 Å². The molecule has 8 nitrogen and oxygen atoms in total. The highest BCUT2D eigenvalue weighted by molar-refractivity contribution is 6.04. The quantitative estimate of drug-likeness (QED) is 0.319. The molecule has 0 spiro atoms. The molecule has 0 aliphatic rings. The van der Waals surface area contributed by atoms with Gasteiger partial charge in [0, 0.05) is 35.8 Å². The summed E-state index contributed by atoms with van der Waals surface area (Å²) in [6, 6.07) is 19.1. The second-order valence-electron chi connectivity index (χ2n) is 9.19. The van der Waals surface area contributed by atoms with E-state index in [1.165, 1.54) is 0 Å². The van der Waals surface area contributed by atoms with Crippen LogP contribution in [0.4, 0.5) is 5.69 Å². The van der Waals surface area contributed by atoms with Gasteiger partial charge in [-0.15, -0.1) is 0 Å². The van der Waals surface area contributed by atoms with Crippen molar-refractivity contribution in [3.8, 4) is 34.0 Å². The summed E-state index contributed by atoms with van der Waals surface area (Å²) in [6.07, 6.45) is 0. The van der Waals surface area contributed by atoms with Gasteiger partial charge in [-0.25, -0.2) is 0 Å². The summed E-state index contributed by atoms with van der Waals surface area (Å²) in [7, 11) is 5.60. The Labute approximate surface area is 217 Å². The summed E-state index contributed by atoms with van der Waals surface area (Å²) in [5.41, 5.74) is 5.24. The Morgan fingerprint density at radius 1 is 1.00 bits per heavy atom. The molecule has 8 heteroatoms. The first-order valence-electron chi connectivity index (χ1n) is 12.1. The van der Waals surface area contributed by atoms with Crippen LogP contribution in [0.15, 0.2) is 65.2 Å². The number of nitrogens with one attached hydrogen (secondary N) is 1. The Balaban J connectivity index is 1.46. The van der Waals surface area contributed by atoms with Gasteiger partial charge in [0.1, 0.15) is 6.61 Å². The number of aromatic nitrogens is 2. The fraction of sp³-hybridized carbons (Fsp3) is 0.276. The van der Waals surface area contributed by atoms with Crippen LogP contribution in [0.5, 0.6) is 11.5 Å². The SMILES string of the molecule is COc1ccc(NC(=O)c2ccc(-c3ccc(-c4noc(C)n4)cc3C)cc2)cc1OCC(C)N(C)C. The van der Waals surface area contributed by atoms with Crippen molar-refractivity contribution in [3.63, 3.8) is 0 Å². The van der Waals surface area contributed by atoms with E-state index in [-0.39, 0.29) is 11.9 Å². The highest BCUT2D eigenvalue weighted by atomic mass is 16.5. The third-order valence-electron chi connectivity index (χ3n) is 6.25. The molecule has 1 N–H and O–H groups in total. The summed E-state index contributed by atoms with van der Waals surface area (Å²) < 4.78 is 16.5. The van der Waals surface area contributed by atoms with Crippen LogP contribution >= 0.6 is 0 Å². The van der Waals surface area contributed by atoms with E-state index in [1.807, 2.05) is 63.5 Å². The van der Waals surface area contributed by atoms with Crippen molar-refractivity contribution in [2.24, 2.45) is 0 Å². The predicted octanol–water partition coefficient (Wildman–Crippen LogP) is 5.61. The molecule has 192 valence electrons. The van der Waals surface area contributed by atoms with Crippen LogP contribution in [0, 0.1) is 13.8 Å². The monoisotopic (exact) mass is 500 g/mol. The molecule has 1 aromatic heterocycles. The van der Waals surface area contributed by atoms with E-state index in [4.69, 9.17) is 14.0 Å². The number of hydrogen-bond donors (Lipinski definition) is 1. The third-order valence-corrected chi connectivity index (χ3v) is 6.25. The zero-order chi connectivity index (χ0) is 26.5. The molecule has 0 bridgehead atoms. The number of aryl methyl sites for hydroxylation is 2. The first-order valence-corrected chi connectivity index (χ1v) is 12.1. The number of amides is 1. The Kier molecular flexibility index (Phi) is 7.89. The lowest BCUT2D eigenvalue weighted by molar-refractivity contribution is 0.102. The van der Waals surface area contributed by atoms with E-state index in [9.17, 15) is 4.79 Å². The maximum atomic E-state index is 12.9. The van der Waals surface area contributed by atoms with Crippen LogP contribution in [-0.2, 0) is 0 Å². The Morgan fingerprint density at radius 2 is 1.73 bits per heavy atom. The molecule has 0 aliphatic carbocycles. The number of benzene rings is 3. The Hall–Kier alpha value is -4.17. The van der Waals surface area contributed by atoms with Gasteiger partial charge in [-0.2, -0.15) is 4.98 Å². The van der Waals surface area contributed by atoms with E-state index in [0.29, 0.717) is 41.1 Å². The van der Waals surface area contributed by atoms with Gasteiger partial charge in [0.05, 0.1) is 7.11 Å². The fourth-order valence-electron chi connectivity index (χ4n) is 3.77. The second-order valence-corrected chi connectivity index (χ2v) is 9.19. The molecule has 3 aromatic carbocycles. The number of carbonyl (C=O) groups excluding carboxylic acids is 1. The van der Waals surface area contributed by atoms with Crippen LogP contribution in [0.1, 0.15) is 28.7 Å². The number of methoxy groups -OCH3 is 1. The zero-order valence-electron chi connectivity index (χ0n) is 22.0. The average Bonchev–Trinajstić information content (AvgIpc) is 3.33. The lowest BCUT2D eigenvalue weighted by atomic mass is 9.97. The summed E-state index contributed by atoms with van der Waals surface area (Å²) >= 11 is 0. The van der Waals surface area contributed by atoms with Crippen LogP contribution in [0.25, 0.3) is 22.5 Å². The van der Waals surface area contributed by atoms with Crippen molar-refractivity contribution in [1.82, 2.24) is 15.0 Å². The number of ether oxygens (including phenoxy) is 2. The van der Waals surface area contributed by atoms with E-state index in [0.717, 1.165) is 22.3 Å². The van der Waals surface area contributed by atoms with Gasteiger partial charge >= 0.3 is 0 Å². The number of anilines is 1. The molecule has 0 aliphatic heterocycles. The number of carbonyl (C=O) groups is 1. The lowest BCUT2D eigenvalue weighted by Gasteiger charge is -2.21. The van der Waals surface area contributed by atoms with Crippen LogP contribution in [0.2, 0.25) is 0 Å². The minimum atomic E-state index is -0.205. The van der Waals surface area contributed by atoms with Crippen molar-refractivity contribution < 1.29 is 18.8 Å². The molecule has 37 heavy (non-hydrogen) atoms. The van der Waals surface area contributed by atoms with Gasteiger partial charge in [-0.05, 0) is 75.0 Å². The molecular formula is C29H32N4O4. The first kappa shape index (κ1) is 25.9. The largest absolute Gasteiger partial charge is 0.493 e. The minimum Gasteiger partial charge on any atom is -0.493 e. The molecule has 1 heterocycles. The maximum absolute atomic E-state index is 12.9. The minimum absolute atomic E-state index is 0.205. The molecule has 4 aromatic rings. The molecular weight excluding hydrogens is 468 g/mol. The molecule has 0 saturated carbocycles. The van der Waals surface area contributed by atoms with E-state index >= 15 is 0 Å². The summed E-state index contributed by atoms with van der Waals surface area (Å²) in [6.45, 7) is 6.38. The first-order chi connectivity index (χ1) is 17.7. The van der Waals surface area contributed by atoms with E-state index < -0.39 is 0 Å². The smallest absolute Gasteiger partial charge is 0.255 e. The van der Waals surface area contributed by atoms with Gasteiger partial charge in [0.25, 0.3) is 5.91 Å². The zero-order valence-corrected chi connectivity index (χ0v) is 22.0. The van der Waals surface area contributed by atoms with Crippen molar-refractivity contribution in [3.05, 3.63) is 77.7 Å².